The molecule has 5 nitrogen and oxygen atoms in total. The minimum absolute atomic E-state index is 0.0309. The Balaban J connectivity index is 2.01. The molecule has 0 radical (unpaired) electrons. The zero-order valence-electron chi connectivity index (χ0n) is 12.4. The Bertz CT molecular complexity index is 678. The van der Waals surface area contributed by atoms with Gasteiger partial charge >= 0.3 is 0 Å². The van der Waals surface area contributed by atoms with E-state index in [0.717, 1.165) is 4.31 Å². The van der Waals surface area contributed by atoms with Gasteiger partial charge in [0.2, 0.25) is 5.09 Å². The summed E-state index contributed by atoms with van der Waals surface area (Å²) in [4.78, 5) is 0. The molecule has 0 spiro atoms. The Labute approximate surface area is 125 Å². The van der Waals surface area contributed by atoms with Crippen molar-refractivity contribution in [2.24, 2.45) is 0 Å². The number of nitrogens with one attached hydrogen (secondary N) is 1. The molecule has 1 atom stereocenters. The molecule has 1 aromatic carbocycles. The predicted molar refractivity (Wildman–Crippen MR) is 81.3 cm³/mol. The van der Waals surface area contributed by atoms with Gasteiger partial charge in [0.05, 0.1) is 6.54 Å². The molecule has 6 heteroatoms. The number of rotatable bonds is 6. The van der Waals surface area contributed by atoms with Crippen LogP contribution in [-0.4, -0.2) is 26.8 Å². The molecule has 0 aliphatic heterocycles. The summed E-state index contributed by atoms with van der Waals surface area (Å²) in [7, 11) is -0.549. The van der Waals surface area contributed by atoms with Crippen molar-refractivity contribution in [3.8, 4) is 0 Å². The molecule has 1 aromatic heterocycles. The summed E-state index contributed by atoms with van der Waals surface area (Å²) >= 11 is 0. The summed E-state index contributed by atoms with van der Waals surface area (Å²) < 4.78 is 30.4. The van der Waals surface area contributed by atoms with Crippen LogP contribution in [0.5, 0.6) is 0 Å². The molecule has 1 N–H and O–H groups in total. The van der Waals surface area contributed by atoms with Crippen LogP contribution in [-0.2, 0) is 16.6 Å². The molecule has 0 aliphatic carbocycles. The van der Waals surface area contributed by atoms with Gasteiger partial charge in [0.15, 0.2) is 0 Å². The molecular formula is C15H20N2O3S. The van der Waals surface area contributed by atoms with Gasteiger partial charge in [0.25, 0.3) is 10.0 Å². The van der Waals surface area contributed by atoms with Crippen LogP contribution >= 0.6 is 0 Å². The van der Waals surface area contributed by atoms with E-state index in [4.69, 9.17) is 4.42 Å². The van der Waals surface area contributed by atoms with Gasteiger partial charge in [-0.2, -0.15) is 0 Å². The largest absolute Gasteiger partial charge is 0.447 e. The summed E-state index contributed by atoms with van der Waals surface area (Å²) in [5.41, 5.74) is 1.17. The summed E-state index contributed by atoms with van der Waals surface area (Å²) in [6.07, 6.45) is 0. The van der Waals surface area contributed by atoms with Crippen LogP contribution < -0.4 is 5.32 Å². The third-order valence-electron chi connectivity index (χ3n) is 3.25. The molecule has 0 unspecified atom stereocenters. The number of hydrogen-bond acceptors (Lipinski definition) is 4. The first-order chi connectivity index (χ1) is 9.91. The SMILES string of the molecule is C[C@@H](NCc1ccc(S(=O)(=O)N(C)C)o1)c1ccccc1. The van der Waals surface area contributed by atoms with Crippen molar-refractivity contribution in [2.75, 3.05) is 14.1 Å². The first-order valence-electron chi connectivity index (χ1n) is 6.71. The maximum atomic E-state index is 11.9. The molecule has 0 amide bonds. The van der Waals surface area contributed by atoms with Gasteiger partial charge in [0, 0.05) is 20.1 Å². The second-order valence-electron chi connectivity index (χ2n) is 5.02. The zero-order chi connectivity index (χ0) is 15.5. The van der Waals surface area contributed by atoms with Crippen LogP contribution in [0.2, 0.25) is 0 Å². The molecule has 21 heavy (non-hydrogen) atoms. The molecule has 0 saturated carbocycles. The molecular weight excluding hydrogens is 288 g/mol. The lowest BCUT2D eigenvalue weighted by molar-refractivity contribution is 0.382. The Hall–Kier alpha value is -1.63. The van der Waals surface area contributed by atoms with Crippen molar-refractivity contribution < 1.29 is 12.8 Å². The van der Waals surface area contributed by atoms with E-state index in [2.05, 4.69) is 12.2 Å². The van der Waals surface area contributed by atoms with E-state index in [9.17, 15) is 8.42 Å². The first-order valence-corrected chi connectivity index (χ1v) is 8.15. The van der Waals surface area contributed by atoms with Crippen molar-refractivity contribution in [2.45, 2.75) is 24.6 Å². The summed E-state index contributed by atoms with van der Waals surface area (Å²) in [6.45, 7) is 2.52. The van der Waals surface area contributed by atoms with E-state index in [1.54, 1.807) is 6.07 Å². The van der Waals surface area contributed by atoms with Crippen LogP contribution in [0.4, 0.5) is 0 Å². The van der Waals surface area contributed by atoms with Gasteiger partial charge in [-0.05, 0) is 24.6 Å². The van der Waals surface area contributed by atoms with E-state index in [-0.39, 0.29) is 11.1 Å². The molecule has 114 valence electrons. The summed E-state index contributed by atoms with van der Waals surface area (Å²) in [5.74, 6) is 0.596. The lowest BCUT2D eigenvalue weighted by Crippen LogP contribution is -2.21. The van der Waals surface area contributed by atoms with E-state index in [1.165, 1.54) is 25.7 Å². The van der Waals surface area contributed by atoms with Crippen molar-refractivity contribution in [3.05, 3.63) is 53.8 Å². The second kappa shape index (κ2) is 6.43. The molecule has 0 bridgehead atoms. The average molecular weight is 308 g/mol. The first kappa shape index (κ1) is 15.8. The van der Waals surface area contributed by atoms with Gasteiger partial charge in [-0.25, -0.2) is 12.7 Å². The minimum Gasteiger partial charge on any atom is -0.447 e. The predicted octanol–water partition coefficient (Wildman–Crippen LogP) is 2.38. The molecule has 2 aromatic rings. The highest BCUT2D eigenvalue weighted by molar-refractivity contribution is 7.88. The normalized spacial score (nSPS) is 13.5. The molecule has 0 aliphatic rings. The van der Waals surface area contributed by atoms with Crippen LogP contribution in [0.15, 0.2) is 52.0 Å². The number of benzene rings is 1. The highest BCUT2D eigenvalue weighted by Gasteiger charge is 2.21. The standard InChI is InChI=1S/C15H20N2O3S/c1-12(13-7-5-4-6-8-13)16-11-14-9-10-15(20-14)21(18,19)17(2)3/h4-10,12,16H,11H2,1-3H3/t12-/m1/s1. The van der Waals surface area contributed by atoms with Crippen molar-refractivity contribution in [1.82, 2.24) is 9.62 Å². The average Bonchev–Trinajstić information content (AvgIpc) is 2.95. The van der Waals surface area contributed by atoms with Crippen molar-refractivity contribution in [3.63, 3.8) is 0 Å². The third-order valence-corrected chi connectivity index (χ3v) is 4.94. The van der Waals surface area contributed by atoms with Gasteiger partial charge in [-0.15, -0.1) is 0 Å². The maximum absolute atomic E-state index is 11.9. The van der Waals surface area contributed by atoms with Crippen LogP contribution in [0.3, 0.4) is 0 Å². The Morgan fingerprint density at radius 1 is 1.14 bits per heavy atom. The summed E-state index contributed by atoms with van der Waals surface area (Å²) in [5, 5.41) is 3.28. The van der Waals surface area contributed by atoms with Crippen LogP contribution in [0.25, 0.3) is 0 Å². The second-order valence-corrected chi connectivity index (χ2v) is 7.10. The lowest BCUT2D eigenvalue weighted by atomic mass is 10.1. The number of nitrogens with zero attached hydrogens (tertiary/aromatic N) is 1. The number of hydrogen-bond donors (Lipinski definition) is 1. The van der Waals surface area contributed by atoms with Crippen molar-refractivity contribution >= 4 is 10.0 Å². The Morgan fingerprint density at radius 3 is 2.43 bits per heavy atom. The monoisotopic (exact) mass is 308 g/mol. The molecule has 2 rings (SSSR count). The lowest BCUT2D eigenvalue weighted by Gasteiger charge is -2.13. The van der Waals surface area contributed by atoms with E-state index >= 15 is 0 Å². The van der Waals surface area contributed by atoms with E-state index < -0.39 is 10.0 Å². The van der Waals surface area contributed by atoms with Gasteiger partial charge in [-0.3, -0.25) is 0 Å². The van der Waals surface area contributed by atoms with Crippen LogP contribution in [0, 0.1) is 0 Å². The van der Waals surface area contributed by atoms with Crippen molar-refractivity contribution in [1.29, 1.82) is 0 Å². The quantitative estimate of drug-likeness (QED) is 0.890. The fraction of sp³-hybridized carbons (Fsp3) is 0.333. The topological polar surface area (TPSA) is 62.6 Å². The van der Waals surface area contributed by atoms with Gasteiger partial charge < -0.3 is 9.73 Å². The Kier molecular flexibility index (Phi) is 4.82. The maximum Gasteiger partial charge on any atom is 0.275 e. The molecule has 1 heterocycles. The van der Waals surface area contributed by atoms with E-state index in [0.29, 0.717) is 12.3 Å². The van der Waals surface area contributed by atoms with E-state index in [1.807, 2.05) is 30.3 Å². The third kappa shape index (κ3) is 3.72. The smallest absolute Gasteiger partial charge is 0.275 e. The number of sulfonamides is 1. The molecule has 0 fully saturated rings. The fourth-order valence-electron chi connectivity index (χ4n) is 1.89. The van der Waals surface area contributed by atoms with Crippen LogP contribution in [0.1, 0.15) is 24.3 Å². The zero-order valence-corrected chi connectivity index (χ0v) is 13.2. The van der Waals surface area contributed by atoms with Gasteiger partial charge in [0.1, 0.15) is 5.76 Å². The molecule has 0 saturated heterocycles. The highest BCUT2D eigenvalue weighted by atomic mass is 32.2. The summed E-state index contributed by atoms with van der Waals surface area (Å²) in [6, 6.07) is 13.4. The fourth-order valence-corrected chi connectivity index (χ4v) is 2.70. The highest BCUT2D eigenvalue weighted by Crippen LogP contribution is 2.18. The van der Waals surface area contributed by atoms with Gasteiger partial charge in [-0.1, -0.05) is 30.3 Å². The Morgan fingerprint density at radius 2 is 1.81 bits per heavy atom. The minimum atomic E-state index is -3.51. The number of furan rings is 1.